The molecule has 0 aliphatic carbocycles. The van der Waals surface area contributed by atoms with Gasteiger partial charge in [0.25, 0.3) is 11.8 Å². The van der Waals surface area contributed by atoms with E-state index in [0.29, 0.717) is 24.4 Å². The number of carbonyl (C=O) groups excluding carboxylic acids is 2. The van der Waals surface area contributed by atoms with Crippen molar-refractivity contribution in [3.63, 3.8) is 0 Å². The van der Waals surface area contributed by atoms with Crippen molar-refractivity contribution in [2.24, 2.45) is 0 Å². The van der Waals surface area contributed by atoms with Gasteiger partial charge >= 0.3 is 0 Å². The second kappa shape index (κ2) is 5.86. The number of hydrogen-bond donors (Lipinski definition) is 0. The SMILES string of the molecule is Cc1cnc2c(C(=O)N3CCO[C@@](C)(C(=O)N(C)C)C3)cnn2c1. The Balaban J connectivity index is 1.87. The van der Waals surface area contributed by atoms with Crippen molar-refractivity contribution in [3.8, 4) is 0 Å². The fourth-order valence-corrected chi connectivity index (χ4v) is 2.94. The topological polar surface area (TPSA) is 80.0 Å². The fraction of sp³-hybridized carbons (Fsp3) is 0.500. The molecule has 2 aromatic heterocycles. The number of likely N-dealkylation sites (N-methyl/N-ethyl adjacent to an activating group) is 1. The van der Waals surface area contributed by atoms with Crippen molar-refractivity contribution >= 4 is 17.5 Å². The summed E-state index contributed by atoms with van der Waals surface area (Å²) in [7, 11) is 3.35. The Labute approximate surface area is 140 Å². The third kappa shape index (κ3) is 2.73. The summed E-state index contributed by atoms with van der Waals surface area (Å²) in [4.78, 5) is 32.7. The molecule has 1 saturated heterocycles. The standard InChI is InChI=1S/C16H21N5O3/c1-11-7-17-13-12(8-18-21(13)9-11)14(22)20-5-6-24-16(2,10-20)15(23)19(3)4/h7-9H,5-6,10H2,1-4H3/t16-/m1/s1. The van der Waals surface area contributed by atoms with Crippen LogP contribution < -0.4 is 0 Å². The summed E-state index contributed by atoms with van der Waals surface area (Å²) in [6.45, 7) is 4.57. The van der Waals surface area contributed by atoms with E-state index >= 15 is 0 Å². The highest BCUT2D eigenvalue weighted by Crippen LogP contribution is 2.22. The lowest BCUT2D eigenvalue weighted by Gasteiger charge is -2.40. The van der Waals surface area contributed by atoms with Gasteiger partial charge in [0.2, 0.25) is 0 Å². The van der Waals surface area contributed by atoms with Gasteiger partial charge < -0.3 is 14.5 Å². The molecule has 0 saturated carbocycles. The van der Waals surface area contributed by atoms with Gasteiger partial charge in [-0.3, -0.25) is 9.59 Å². The normalized spacial score (nSPS) is 21.1. The molecule has 0 unspecified atom stereocenters. The maximum absolute atomic E-state index is 12.9. The van der Waals surface area contributed by atoms with E-state index in [1.54, 1.807) is 36.6 Å². The van der Waals surface area contributed by atoms with Crippen LogP contribution in [0.5, 0.6) is 0 Å². The summed E-state index contributed by atoms with van der Waals surface area (Å²) in [6.07, 6.45) is 5.04. The van der Waals surface area contributed by atoms with E-state index < -0.39 is 5.60 Å². The molecule has 0 aromatic carbocycles. The molecular formula is C16H21N5O3. The molecule has 0 radical (unpaired) electrons. The van der Waals surface area contributed by atoms with Crippen LogP contribution in [-0.2, 0) is 9.53 Å². The number of aryl methyl sites for hydroxylation is 1. The van der Waals surface area contributed by atoms with Gasteiger partial charge in [0.05, 0.1) is 19.3 Å². The minimum atomic E-state index is -1.04. The van der Waals surface area contributed by atoms with Gasteiger partial charge in [0.1, 0.15) is 5.56 Å². The molecule has 8 nitrogen and oxygen atoms in total. The predicted octanol–water partition coefficient (Wildman–Crippen LogP) is 0.357. The van der Waals surface area contributed by atoms with E-state index in [9.17, 15) is 9.59 Å². The average Bonchev–Trinajstić information content (AvgIpc) is 2.96. The van der Waals surface area contributed by atoms with E-state index in [0.717, 1.165) is 5.56 Å². The molecule has 3 rings (SSSR count). The van der Waals surface area contributed by atoms with Crippen molar-refractivity contribution in [2.75, 3.05) is 33.8 Å². The Morgan fingerprint density at radius 1 is 1.33 bits per heavy atom. The number of amides is 2. The maximum Gasteiger partial charge on any atom is 0.259 e. The number of carbonyl (C=O) groups is 2. The Bertz CT molecular complexity index is 800. The summed E-state index contributed by atoms with van der Waals surface area (Å²) >= 11 is 0. The minimum absolute atomic E-state index is 0.159. The van der Waals surface area contributed by atoms with Crippen LogP contribution >= 0.6 is 0 Å². The van der Waals surface area contributed by atoms with Crippen LogP contribution in [0.3, 0.4) is 0 Å². The maximum atomic E-state index is 12.9. The molecule has 0 bridgehead atoms. The molecule has 0 N–H and O–H groups in total. The van der Waals surface area contributed by atoms with Crippen LogP contribution in [0.2, 0.25) is 0 Å². The van der Waals surface area contributed by atoms with E-state index in [2.05, 4.69) is 10.1 Å². The van der Waals surface area contributed by atoms with Crippen LogP contribution in [-0.4, -0.2) is 75.6 Å². The Hall–Kier alpha value is -2.48. The highest BCUT2D eigenvalue weighted by atomic mass is 16.5. The first-order valence-electron chi connectivity index (χ1n) is 7.77. The van der Waals surface area contributed by atoms with Crippen molar-refractivity contribution < 1.29 is 14.3 Å². The van der Waals surface area contributed by atoms with Gasteiger partial charge in [0, 0.05) is 33.0 Å². The highest BCUT2D eigenvalue weighted by Gasteiger charge is 2.42. The molecule has 24 heavy (non-hydrogen) atoms. The quantitative estimate of drug-likeness (QED) is 0.794. The smallest absolute Gasteiger partial charge is 0.259 e. The molecule has 2 aromatic rings. The molecule has 1 aliphatic heterocycles. The number of ether oxygens (including phenoxy) is 1. The number of nitrogens with zero attached hydrogens (tertiary/aromatic N) is 5. The molecular weight excluding hydrogens is 310 g/mol. The van der Waals surface area contributed by atoms with Crippen molar-refractivity contribution in [3.05, 3.63) is 29.7 Å². The highest BCUT2D eigenvalue weighted by molar-refractivity contribution is 6.00. The lowest BCUT2D eigenvalue weighted by atomic mass is 10.0. The Morgan fingerprint density at radius 3 is 2.79 bits per heavy atom. The lowest BCUT2D eigenvalue weighted by Crippen LogP contribution is -2.59. The first-order chi connectivity index (χ1) is 11.3. The number of aromatic nitrogens is 3. The molecule has 0 spiro atoms. The lowest BCUT2D eigenvalue weighted by molar-refractivity contribution is -0.162. The van der Waals surface area contributed by atoms with Crippen LogP contribution in [0.1, 0.15) is 22.8 Å². The average molecular weight is 331 g/mol. The molecule has 1 fully saturated rings. The molecule has 3 heterocycles. The summed E-state index contributed by atoms with van der Waals surface area (Å²) < 4.78 is 7.26. The van der Waals surface area contributed by atoms with Crippen LogP contribution in [0.4, 0.5) is 0 Å². The van der Waals surface area contributed by atoms with Gasteiger partial charge in [-0.05, 0) is 19.4 Å². The number of rotatable bonds is 2. The second-order valence-electron chi connectivity index (χ2n) is 6.46. The summed E-state index contributed by atoms with van der Waals surface area (Å²) in [5.41, 5.74) is 0.860. The van der Waals surface area contributed by atoms with Gasteiger partial charge in [-0.2, -0.15) is 5.10 Å². The predicted molar refractivity (Wildman–Crippen MR) is 86.7 cm³/mol. The van der Waals surface area contributed by atoms with Gasteiger partial charge in [-0.25, -0.2) is 9.50 Å². The van der Waals surface area contributed by atoms with Crippen LogP contribution in [0.15, 0.2) is 18.6 Å². The minimum Gasteiger partial charge on any atom is -0.362 e. The zero-order valence-corrected chi connectivity index (χ0v) is 14.3. The fourth-order valence-electron chi connectivity index (χ4n) is 2.94. The van der Waals surface area contributed by atoms with Crippen molar-refractivity contribution in [1.82, 2.24) is 24.4 Å². The zero-order valence-electron chi connectivity index (χ0n) is 14.3. The molecule has 1 atom stereocenters. The monoisotopic (exact) mass is 331 g/mol. The van der Waals surface area contributed by atoms with Crippen LogP contribution in [0, 0.1) is 6.92 Å². The number of morpholine rings is 1. The van der Waals surface area contributed by atoms with E-state index in [4.69, 9.17) is 4.74 Å². The number of hydrogen-bond acceptors (Lipinski definition) is 5. The first-order valence-corrected chi connectivity index (χ1v) is 7.77. The summed E-state index contributed by atoms with van der Waals surface area (Å²) in [6, 6.07) is 0. The molecule has 128 valence electrons. The van der Waals surface area contributed by atoms with Gasteiger partial charge in [-0.1, -0.05) is 0 Å². The largest absolute Gasteiger partial charge is 0.362 e. The second-order valence-corrected chi connectivity index (χ2v) is 6.46. The third-order valence-electron chi connectivity index (χ3n) is 4.14. The zero-order chi connectivity index (χ0) is 17.5. The molecule has 1 aliphatic rings. The Kier molecular flexibility index (Phi) is 4.00. The van der Waals surface area contributed by atoms with Crippen LogP contribution in [0.25, 0.3) is 5.65 Å². The summed E-state index contributed by atoms with van der Waals surface area (Å²) in [5, 5.41) is 4.20. The molecule has 8 heteroatoms. The third-order valence-corrected chi connectivity index (χ3v) is 4.14. The number of fused-ring (bicyclic) bond motifs is 1. The molecule has 2 amide bonds. The van der Waals surface area contributed by atoms with Crippen molar-refractivity contribution in [1.29, 1.82) is 0 Å². The summed E-state index contributed by atoms with van der Waals surface area (Å²) in [5.74, 6) is -0.351. The van der Waals surface area contributed by atoms with E-state index in [1.807, 2.05) is 13.1 Å². The van der Waals surface area contributed by atoms with E-state index in [-0.39, 0.29) is 18.4 Å². The van der Waals surface area contributed by atoms with E-state index in [1.165, 1.54) is 11.1 Å². The van der Waals surface area contributed by atoms with Gasteiger partial charge in [-0.15, -0.1) is 0 Å². The van der Waals surface area contributed by atoms with Crippen molar-refractivity contribution in [2.45, 2.75) is 19.4 Å². The first kappa shape index (κ1) is 16.4. The Morgan fingerprint density at radius 2 is 2.08 bits per heavy atom. The van der Waals surface area contributed by atoms with Gasteiger partial charge in [0.15, 0.2) is 11.2 Å².